The first-order chi connectivity index (χ1) is 12.2. The molecule has 2 atom stereocenters. The predicted molar refractivity (Wildman–Crippen MR) is 93.2 cm³/mol. The molecule has 0 aliphatic carbocycles. The van der Waals surface area contributed by atoms with E-state index in [0.29, 0.717) is 12.6 Å². The Balaban J connectivity index is 1.45. The minimum Gasteiger partial charge on any atom is -0.463 e. The van der Waals surface area contributed by atoms with E-state index in [-0.39, 0.29) is 11.5 Å². The molecule has 4 heterocycles. The van der Waals surface area contributed by atoms with Crippen molar-refractivity contribution in [3.05, 3.63) is 48.0 Å². The highest BCUT2D eigenvalue weighted by Crippen LogP contribution is 2.41. The van der Waals surface area contributed by atoms with Crippen LogP contribution < -0.4 is 4.74 Å². The number of likely N-dealkylation sites (tertiary alicyclic amines) is 1. The van der Waals surface area contributed by atoms with Crippen LogP contribution in [0.4, 0.5) is 0 Å². The molecule has 0 spiro atoms. The zero-order valence-corrected chi connectivity index (χ0v) is 14.6. The Morgan fingerprint density at radius 3 is 3.08 bits per heavy atom. The van der Waals surface area contributed by atoms with Gasteiger partial charge in [-0.3, -0.25) is 9.88 Å². The van der Waals surface area contributed by atoms with Crippen LogP contribution in [0.5, 0.6) is 6.01 Å². The van der Waals surface area contributed by atoms with Gasteiger partial charge in [0.25, 0.3) is 0 Å². The summed E-state index contributed by atoms with van der Waals surface area (Å²) in [5.74, 6) is 0. The second-order valence-corrected chi connectivity index (χ2v) is 7.06. The Bertz CT molecular complexity index is 712. The maximum Gasteiger partial charge on any atom is 0.316 e. The summed E-state index contributed by atoms with van der Waals surface area (Å²) in [5, 5.41) is 0. The summed E-state index contributed by atoms with van der Waals surface area (Å²) in [4.78, 5) is 15.5. The lowest BCUT2D eigenvalue weighted by atomic mass is 9.77. The van der Waals surface area contributed by atoms with E-state index in [9.17, 15) is 0 Å². The molecule has 0 bridgehead atoms. The van der Waals surface area contributed by atoms with Gasteiger partial charge in [0.1, 0.15) is 6.61 Å². The summed E-state index contributed by atoms with van der Waals surface area (Å²) in [6.07, 6.45) is 5.91. The van der Waals surface area contributed by atoms with Gasteiger partial charge in [-0.2, -0.15) is 0 Å². The minimum atomic E-state index is 0.0140. The van der Waals surface area contributed by atoms with E-state index in [4.69, 9.17) is 9.47 Å². The van der Waals surface area contributed by atoms with Crippen molar-refractivity contribution in [1.29, 1.82) is 0 Å². The third-order valence-electron chi connectivity index (χ3n) is 5.22. The molecular weight excluding hydrogens is 316 g/mol. The number of nitrogens with zero attached hydrogens (tertiary/aromatic N) is 4. The van der Waals surface area contributed by atoms with Crippen molar-refractivity contribution >= 4 is 0 Å². The average Bonchev–Trinajstić information content (AvgIpc) is 3.04. The van der Waals surface area contributed by atoms with Crippen LogP contribution in [0.25, 0.3) is 0 Å². The Kier molecular flexibility index (Phi) is 4.63. The molecule has 25 heavy (non-hydrogen) atoms. The molecule has 2 fully saturated rings. The van der Waals surface area contributed by atoms with Crippen molar-refractivity contribution in [2.45, 2.75) is 32.4 Å². The molecule has 2 saturated heterocycles. The maximum absolute atomic E-state index is 6.01. The van der Waals surface area contributed by atoms with Crippen LogP contribution in [0.15, 0.2) is 36.7 Å². The van der Waals surface area contributed by atoms with Crippen molar-refractivity contribution in [2.75, 3.05) is 26.3 Å². The van der Waals surface area contributed by atoms with Crippen LogP contribution in [0.1, 0.15) is 24.2 Å². The fraction of sp³-hybridized carbons (Fsp3) is 0.526. The molecule has 0 saturated carbocycles. The van der Waals surface area contributed by atoms with Gasteiger partial charge in [0.05, 0.1) is 11.8 Å². The molecule has 2 aromatic heterocycles. The highest BCUT2D eigenvalue weighted by Gasteiger charge is 2.48. The van der Waals surface area contributed by atoms with Crippen molar-refractivity contribution in [2.24, 2.45) is 5.41 Å². The van der Waals surface area contributed by atoms with Gasteiger partial charge in [0, 0.05) is 49.7 Å². The monoisotopic (exact) mass is 340 g/mol. The zero-order valence-electron chi connectivity index (χ0n) is 14.6. The van der Waals surface area contributed by atoms with E-state index >= 15 is 0 Å². The molecule has 0 radical (unpaired) electrons. The SMILES string of the molecule is Cc1ccnc(OC[C@@]23CCO[C@@H]2CCN(Cc2ccccn2)C3)n1. The van der Waals surface area contributed by atoms with Gasteiger partial charge < -0.3 is 9.47 Å². The quantitative estimate of drug-likeness (QED) is 0.832. The van der Waals surface area contributed by atoms with Gasteiger partial charge >= 0.3 is 6.01 Å². The molecule has 0 N–H and O–H groups in total. The maximum atomic E-state index is 6.01. The molecule has 2 aromatic rings. The second-order valence-electron chi connectivity index (χ2n) is 7.06. The second kappa shape index (κ2) is 7.06. The standard InChI is InChI=1S/C19H24N4O2/c1-15-5-9-21-18(22-15)25-14-19-7-11-24-17(19)6-10-23(13-19)12-16-4-2-3-8-20-16/h2-5,8-9,17H,6-7,10-14H2,1H3/t17-,19+/m1/s1. The summed E-state index contributed by atoms with van der Waals surface area (Å²) in [5.41, 5.74) is 2.04. The molecule has 6 nitrogen and oxygen atoms in total. The molecule has 2 aliphatic rings. The average molecular weight is 340 g/mol. The van der Waals surface area contributed by atoms with E-state index in [0.717, 1.165) is 50.5 Å². The number of pyridine rings is 1. The van der Waals surface area contributed by atoms with Gasteiger partial charge in [0.15, 0.2) is 0 Å². The lowest BCUT2D eigenvalue weighted by molar-refractivity contribution is -0.0430. The normalized spacial score (nSPS) is 26.4. The Hall–Kier alpha value is -2.05. The number of aromatic nitrogens is 3. The topological polar surface area (TPSA) is 60.4 Å². The molecule has 4 rings (SSSR count). The van der Waals surface area contributed by atoms with Crippen LogP contribution in [0.2, 0.25) is 0 Å². The predicted octanol–water partition coefficient (Wildman–Crippen LogP) is 2.24. The number of piperidine rings is 1. The Morgan fingerprint density at radius 2 is 2.24 bits per heavy atom. The van der Waals surface area contributed by atoms with E-state index in [2.05, 4.69) is 25.9 Å². The number of fused-ring (bicyclic) bond motifs is 1. The summed E-state index contributed by atoms with van der Waals surface area (Å²) in [7, 11) is 0. The van der Waals surface area contributed by atoms with Gasteiger partial charge in [-0.1, -0.05) is 6.07 Å². The fourth-order valence-electron chi connectivity index (χ4n) is 3.91. The van der Waals surface area contributed by atoms with Crippen molar-refractivity contribution in [3.8, 4) is 6.01 Å². The van der Waals surface area contributed by atoms with E-state index in [1.54, 1.807) is 6.20 Å². The van der Waals surface area contributed by atoms with Crippen LogP contribution in [-0.2, 0) is 11.3 Å². The fourth-order valence-corrected chi connectivity index (χ4v) is 3.91. The smallest absolute Gasteiger partial charge is 0.316 e. The molecule has 0 amide bonds. The van der Waals surface area contributed by atoms with Gasteiger partial charge in [-0.25, -0.2) is 9.97 Å². The zero-order chi connectivity index (χ0) is 17.1. The Morgan fingerprint density at radius 1 is 1.28 bits per heavy atom. The molecular formula is C19H24N4O2. The highest BCUT2D eigenvalue weighted by atomic mass is 16.5. The first-order valence-electron chi connectivity index (χ1n) is 8.90. The molecule has 0 unspecified atom stereocenters. The van der Waals surface area contributed by atoms with Crippen LogP contribution in [-0.4, -0.2) is 52.3 Å². The van der Waals surface area contributed by atoms with Crippen molar-refractivity contribution in [1.82, 2.24) is 19.9 Å². The summed E-state index contributed by atoms with van der Waals surface area (Å²) >= 11 is 0. The molecule has 6 heteroatoms. The Labute approximate surface area is 148 Å². The van der Waals surface area contributed by atoms with E-state index < -0.39 is 0 Å². The van der Waals surface area contributed by atoms with Gasteiger partial charge in [-0.15, -0.1) is 0 Å². The summed E-state index contributed by atoms with van der Waals surface area (Å²) in [6, 6.07) is 8.42. The lowest BCUT2D eigenvalue weighted by Gasteiger charge is -2.43. The van der Waals surface area contributed by atoms with Crippen molar-refractivity contribution < 1.29 is 9.47 Å². The number of ether oxygens (including phenoxy) is 2. The van der Waals surface area contributed by atoms with Gasteiger partial charge in [-0.05, 0) is 38.0 Å². The highest BCUT2D eigenvalue weighted by molar-refractivity contribution is 5.07. The van der Waals surface area contributed by atoms with Crippen LogP contribution in [0, 0.1) is 12.3 Å². The van der Waals surface area contributed by atoms with Gasteiger partial charge in [0.2, 0.25) is 0 Å². The number of aryl methyl sites for hydroxylation is 1. The summed E-state index contributed by atoms with van der Waals surface area (Å²) < 4.78 is 12.0. The third-order valence-corrected chi connectivity index (χ3v) is 5.22. The first kappa shape index (κ1) is 16.4. The van der Waals surface area contributed by atoms with E-state index in [1.165, 1.54) is 0 Å². The van der Waals surface area contributed by atoms with Crippen LogP contribution >= 0.6 is 0 Å². The van der Waals surface area contributed by atoms with Crippen LogP contribution in [0.3, 0.4) is 0 Å². The largest absolute Gasteiger partial charge is 0.463 e. The molecule has 0 aromatic carbocycles. The van der Waals surface area contributed by atoms with E-state index in [1.807, 2.05) is 31.3 Å². The van der Waals surface area contributed by atoms with Crippen molar-refractivity contribution in [3.63, 3.8) is 0 Å². The molecule has 132 valence electrons. The molecule has 2 aliphatic heterocycles. The number of rotatable bonds is 5. The summed E-state index contributed by atoms with van der Waals surface area (Å²) in [6.45, 7) is 6.21. The number of hydrogen-bond donors (Lipinski definition) is 0. The number of hydrogen-bond acceptors (Lipinski definition) is 6. The first-order valence-corrected chi connectivity index (χ1v) is 8.90. The minimum absolute atomic E-state index is 0.0140. The third kappa shape index (κ3) is 3.65. The lowest BCUT2D eigenvalue weighted by Crippen LogP contribution is -2.52.